The van der Waals surface area contributed by atoms with Crippen molar-refractivity contribution in [2.45, 2.75) is 37.8 Å². The molecule has 0 spiro atoms. The third-order valence-corrected chi connectivity index (χ3v) is 3.91. The molecule has 2 aliphatic rings. The molecule has 0 aliphatic carbocycles. The first-order chi connectivity index (χ1) is 7.61. The zero-order valence-corrected chi connectivity index (χ0v) is 10.4. The van der Waals surface area contributed by atoms with Crippen molar-refractivity contribution in [3.63, 3.8) is 0 Å². The first-order valence-electron chi connectivity index (χ1n) is 6.49. The van der Waals surface area contributed by atoms with Crippen LogP contribution in [0.25, 0.3) is 0 Å². The van der Waals surface area contributed by atoms with Gasteiger partial charge in [-0.1, -0.05) is 0 Å². The van der Waals surface area contributed by atoms with E-state index in [2.05, 4.69) is 9.80 Å². The molecule has 2 atom stereocenters. The van der Waals surface area contributed by atoms with E-state index in [9.17, 15) is 5.11 Å². The van der Waals surface area contributed by atoms with Crippen LogP contribution < -0.4 is 5.73 Å². The van der Waals surface area contributed by atoms with Gasteiger partial charge in [-0.05, 0) is 45.8 Å². The summed E-state index contributed by atoms with van der Waals surface area (Å²) in [6.07, 6.45) is 3.97. The van der Waals surface area contributed by atoms with Crippen LogP contribution in [0.4, 0.5) is 0 Å². The fraction of sp³-hybridized carbons (Fsp3) is 1.00. The Hall–Kier alpha value is -0.160. The number of likely N-dealkylation sites (tertiary alicyclic amines) is 2. The summed E-state index contributed by atoms with van der Waals surface area (Å²) >= 11 is 0. The van der Waals surface area contributed by atoms with Crippen molar-refractivity contribution in [2.75, 3.05) is 39.3 Å². The van der Waals surface area contributed by atoms with E-state index in [1.54, 1.807) is 0 Å². The van der Waals surface area contributed by atoms with E-state index < -0.39 is 5.60 Å². The lowest BCUT2D eigenvalue weighted by atomic mass is 10.1. The highest BCUT2D eigenvalue weighted by atomic mass is 16.3. The van der Waals surface area contributed by atoms with Crippen LogP contribution in [-0.4, -0.2) is 65.8 Å². The second-order valence-corrected chi connectivity index (χ2v) is 5.62. The molecule has 2 rings (SSSR count). The molecule has 3 N–H and O–H groups in total. The molecular formula is C12H25N3O. The van der Waals surface area contributed by atoms with E-state index in [0.717, 1.165) is 19.1 Å². The SMILES string of the molecule is CC(O)(CN)CN1CCC(N2CCCC2)C1. The van der Waals surface area contributed by atoms with Crippen molar-refractivity contribution in [1.82, 2.24) is 9.80 Å². The lowest BCUT2D eigenvalue weighted by Gasteiger charge is -2.28. The van der Waals surface area contributed by atoms with Gasteiger partial charge in [0.05, 0.1) is 5.60 Å². The number of nitrogens with zero attached hydrogens (tertiary/aromatic N) is 2. The average Bonchev–Trinajstić information content (AvgIpc) is 2.86. The normalized spacial score (nSPS) is 32.1. The topological polar surface area (TPSA) is 52.7 Å². The molecule has 0 aromatic heterocycles. The van der Waals surface area contributed by atoms with Crippen LogP contribution in [-0.2, 0) is 0 Å². The molecule has 0 bridgehead atoms. The van der Waals surface area contributed by atoms with Gasteiger partial charge in [0.2, 0.25) is 0 Å². The van der Waals surface area contributed by atoms with Crippen LogP contribution in [0.5, 0.6) is 0 Å². The molecule has 2 fully saturated rings. The Morgan fingerprint density at radius 3 is 2.62 bits per heavy atom. The number of nitrogens with two attached hydrogens (primary N) is 1. The maximum atomic E-state index is 9.95. The standard InChI is InChI=1S/C12H25N3O/c1-12(16,9-13)10-14-7-4-11(8-14)15-5-2-3-6-15/h11,16H,2-10,13H2,1H3. The van der Waals surface area contributed by atoms with E-state index in [0.29, 0.717) is 13.1 Å². The Morgan fingerprint density at radius 1 is 1.31 bits per heavy atom. The maximum absolute atomic E-state index is 9.95. The predicted octanol–water partition coefficient (Wildman–Crippen LogP) is -0.134. The Kier molecular flexibility index (Phi) is 3.85. The van der Waals surface area contributed by atoms with Gasteiger partial charge in [-0.3, -0.25) is 9.80 Å². The van der Waals surface area contributed by atoms with E-state index in [1.807, 2.05) is 6.92 Å². The summed E-state index contributed by atoms with van der Waals surface area (Å²) in [5.41, 5.74) is 4.83. The Labute approximate surface area is 98.4 Å². The molecule has 2 heterocycles. The van der Waals surface area contributed by atoms with Crippen LogP contribution in [0.3, 0.4) is 0 Å². The van der Waals surface area contributed by atoms with Crippen molar-refractivity contribution in [2.24, 2.45) is 5.73 Å². The Balaban J connectivity index is 1.79. The number of β-amino-alcohol motifs (C(OH)–C–C–N with tert-alkyl or cyclic N) is 1. The van der Waals surface area contributed by atoms with E-state index in [-0.39, 0.29) is 0 Å². The van der Waals surface area contributed by atoms with Gasteiger partial charge in [0.25, 0.3) is 0 Å². The average molecular weight is 227 g/mol. The summed E-state index contributed by atoms with van der Waals surface area (Å²) in [7, 11) is 0. The van der Waals surface area contributed by atoms with Gasteiger partial charge in [0, 0.05) is 25.7 Å². The summed E-state index contributed by atoms with van der Waals surface area (Å²) in [6.45, 7) is 7.65. The molecule has 94 valence electrons. The molecule has 4 heteroatoms. The number of aliphatic hydroxyl groups is 1. The second-order valence-electron chi connectivity index (χ2n) is 5.62. The molecule has 2 unspecified atom stereocenters. The molecular weight excluding hydrogens is 202 g/mol. The highest BCUT2D eigenvalue weighted by molar-refractivity contribution is 4.89. The third-order valence-electron chi connectivity index (χ3n) is 3.91. The zero-order chi connectivity index (χ0) is 11.6. The smallest absolute Gasteiger partial charge is 0.0867 e. The summed E-state index contributed by atoms with van der Waals surface area (Å²) in [5, 5.41) is 9.95. The van der Waals surface area contributed by atoms with E-state index >= 15 is 0 Å². The molecule has 0 saturated carbocycles. The van der Waals surface area contributed by atoms with Gasteiger partial charge in [0.15, 0.2) is 0 Å². The van der Waals surface area contributed by atoms with Gasteiger partial charge in [-0.15, -0.1) is 0 Å². The minimum absolute atomic E-state index is 0.345. The largest absolute Gasteiger partial charge is 0.388 e. The highest BCUT2D eigenvalue weighted by Crippen LogP contribution is 2.21. The fourth-order valence-corrected chi connectivity index (χ4v) is 2.91. The molecule has 4 nitrogen and oxygen atoms in total. The van der Waals surface area contributed by atoms with Gasteiger partial charge >= 0.3 is 0 Å². The highest BCUT2D eigenvalue weighted by Gasteiger charge is 2.32. The molecule has 2 saturated heterocycles. The summed E-state index contributed by atoms with van der Waals surface area (Å²) in [6, 6.07) is 0.719. The number of hydrogen-bond donors (Lipinski definition) is 2. The summed E-state index contributed by atoms with van der Waals surface area (Å²) < 4.78 is 0. The van der Waals surface area contributed by atoms with Crippen LogP contribution in [0.15, 0.2) is 0 Å². The molecule has 0 radical (unpaired) electrons. The van der Waals surface area contributed by atoms with E-state index in [4.69, 9.17) is 5.73 Å². The van der Waals surface area contributed by atoms with Crippen molar-refractivity contribution >= 4 is 0 Å². The Morgan fingerprint density at radius 2 is 2.00 bits per heavy atom. The molecule has 0 aromatic carbocycles. The van der Waals surface area contributed by atoms with Crippen molar-refractivity contribution in [1.29, 1.82) is 0 Å². The van der Waals surface area contributed by atoms with Gasteiger partial charge in [-0.2, -0.15) is 0 Å². The number of rotatable bonds is 4. The summed E-state index contributed by atoms with van der Waals surface area (Å²) in [4.78, 5) is 4.97. The lowest BCUT2D eigenvalue weighted by Crippen LogP contribution is -2.46. The molecule has 2 aliphatic heterocycles. The third kappa shape index (κ3) is 2.94. The first kappa shape index (κ1) is 12.3. The van der Waals surface area contributed by atoms with Crippen LogP contribution >= 0.6 is 0 Å². The molecule has 0 amide bonds. The fourth-order valence-electron chi connectivity index (χ4n) is 2.91. The lowest BCUT2D eigenvalue weighted by molar-refractivity contribution is 0.0325. The van der Waals surface area contributed by atoms with Crippen LogP contribution in [0.1, 0.15) is 26.2 Å². The second kappa shape index (κ2) is 5.00. The van der Waals surface area contributed by atoms with E-state index in [1.165, 1.54) is 32.4 Å². The van der Waals surface area contributed by atoms with Gasteiger partial charge in [-0.25, -0.2) is 0 Å². The minimum atomic E-state index is -0.722. The molecule has 0 aromatic rings. The maximum Gasteiger partial charge on any atom is 0.0867 e. The first-order valence-corrected chi connectivity index (χ1v) is 6.49. The van der Waals surface area contributed by atoms with Crippen LogP contribution in [0, 0.1) is 0 Å². The molecule has 16 heavy (non-hydrogen) atoms. The summed E-state index contributed by atoms with van der Waals surface area (Å²) in [5.74, 6) is 0. The van der Waals surface area contributed by atoms with Crippen molar-refractivity contribution in [3.8, 4) is 0 Å². The van der Waals surface area contributed by atoms with Gasteiger partial charge in [0.1, 0.15) is 0 Å². The van der Waals surface area contributed by atoms with Crippen molar-refractivity contribution < 1.29 is 5.11 Å². The van der Waals surface area contributed by atoms with Gasteiger partial charge < -0.3 is 10.8 Å². The number of hydrogen-bond acceptors (Lipinski definition) is 4. The monoisotopic (exact) mass is 227 g/mol. The van der Waals surface area contributed by atoms with Crippen molar-refractivity contribution in [3.05, 3.63) is 0 Å². The minimum Gasteiger partial charge on any atom is -0.388 e. The quantitative estimate of drug-likeness (QED) is 0.702. The Bertz CT molecular complexity index is 226. The van der Waals surface area contributed by atoms with Crippen LogP contribution in [0.2, 0.25) is 0 Å². The predicted molar refractivity (Wildman–Crippen MR) is 65.3 cm³/mol. The zero-order valence-electron chi connectivity index (χ0n) is 10.4.